The summed E-state index contributed by atoms with van der Waals surface area (Å²) in [5.41, 5.74) is 0.989. The maximum absolute atomic E-state index is 11.7. The van der Waals surface area contributed by atoms with Gasteiger partial charge < -0.3 is 20.3 Å². The lowest BCUT2D eigenvalue weighted by molar-refractivity contribution is 0.111. The first kappa shape index (κ1) is 16.5. The van der Waals surface area contributed by atoms with Gasteiger partial charge in [0.25, 0.3) is 0 Å². The van der Waals surface area contributed by atoms with E-state index in [0.717, 1.165) is 43.9 Å². The van der Waals surface area contributed by atoms with E-state index in [1.165, 1.54) is 0 Å². The van der Waals surface area contributed by atoms with Crippen LogP contribution in [-0.4, -0.2) is 43.4 Å². The largest absolute Gasteiger partial charge is 0.376 e. The second-order valence-electron chi connectivity index (χ2n) is 5.40. The van der Waals surface area contributed by atoms with Crippen LogP contribution in [0.4, 0.5) is 10.6 Å². The number of hydrogen-bond acceptors (Lipinski definition) is 4. The Bertz CT molecular complexity index is 454. The molecule has 1 atom stereocenters. The molecule has 1 aromatic heterocycles. The van der Waals surface area contributed by atoms with E-state index in [2.05, 4.69) is 34.4 Å². The van der Waals surface area contributed by atoms with Crippen molar-refractivity contribution >= 4 is 11.8 Å². The summed E-state index contributed by atoms with van der Waals surface area (Å²) in [6.07, 6.45) is 4.09. The Kier molecular flexibility index (Phi) is 6.45. The summed E-state index contributed by atoms with van der Waals surface area (Å²) in [5, 5.41) is 5.68. The van der Waals surface area contributed by atoms with Crippen molar-refractivity contribution in [1.82, 2.24) is 15.6 Å². The number of carbonyl (C=O) groups is 1. The summed E-state index contributed by atoms with van der Waals surface area (Å²) < 4.78 is 5.47. The standard InChI is InChI=1S/C16H26N4O2/c1-3-20(4-2)15-8-7-13(10-17-15)11-18-16(21)19-12-14-6-5-9-22-14/h7-8,10,14H,3-6,9,11-12H2,1-2H3,(H2,18,19,21)/t14-/m1/s1. The Morgan fingerprint density at radius 2 is 2.18 bits per heavy atom. The van der Waals surface area contributed by atoms with Gasteiger partial charge in [-0.1, -0.05) is 6.07 Å². The summed E-state index contributed by atoms with van der Waals surface area (Å²) in [6, 6.07) is 3.83. The maximum atomic E-state index is 11.7. The molecule has 0 bridgehead atoms. The fourth-order valence-electron chi connectivity index (χ4n) is 2.51. The average Bonchev–Trinajstić information content (AvgIpc) is 3.07. The van der Waals surface area contributed by atoms with Gasteiger partial charge >= 0.3 is 6.03 Å². The Morgan fingerprint density at radius 1 is 1.36 bits per heavy atom. The third-order valence-corrected chi connectivity index (χ3v) is 3.86. The van der Waals surface area contributed by atoms with Gasteiger partial charge in [0, 0.05) is 39.0 Å². The molecule has 6 nitrogen and oxygen atoms in total. The van der Waals surface area contributed by atoms with Crippen molar-refractivity contribution in [2.24, 2.45) is 0 Å². The number of pyridine rings is 1. The molecule has 0 unspecified atom stereocenters. The summed E-state index contributed by atoms with van der Waals surface area (Å²) in [4.78, 5) is 18.4. The number of ether oxygens (including phenoxy) is 1. The molecule has 1 aliphatic rings. The zero-order valence-electron chi connectivity index (χ0n) is 13.5. The van der Waals surface area contributed by atoms with Crippen LogP contribution in [0.15, 0.2) is 18.3 Å². The topological polar surface area (TPSA) is 66.5 Å². The van der Waals surface area contributed by atoms with Crippen molar-refractivity contribution in [1.29, 1.82) is 0 Å². The van der Waals surface area contributed by atoms with Gasteiger partial charge in [-0.25, -0.2) is 9.78 Å². The van der Waals surface area contributed by atoms with E-state index >= 15 is 0 Å². The van der Waals surface area contributed by atoms with Gasteiger partial charge in [-0.3, -0.25) is 0 Å². The van der Waals surface area contributed by atoms with E-state index in [4.69, 9.17) is 4.74 Å². The van der Waals surface area contributed by atoms with Crippen LogP contribution in [0.5, 0.6) is 0 Å². The Balaban J connectivity index is 1.72. The van der Waals surface area contributed by atoms with Gasteiger partial charge in [0.15, 0.2) is 0 Å². The number of hydrogen-bond donors (Lipinski definition) is 2. The second kappa shape index (κ2) is 8.58. The van der Waals surface area contributed by atoms with Crippen molar-refractivity contribution in [3.8, 4) is 0 Å². The molecule has 2 N–H and O–H groups in total. The van der Waals surface area contributed by atoms with Crippen molar-refractivity contribution in [2.45, 2.75) is 39.3 Å². The molecule has 0 aromatic carbocycles. The van der Waals surface area contributed by atoms with Crippen molar-refractivity contribution in [3.05, 3.63) is 23.9 Å². The molecule has 2 rings (SSSR count). The normalized spacial score (nSPS) is 17.3. The molecule has 0 radical (unpaired) electrons. The highest BCUT2D eigenvalue weighted by atomic mass is 16.5. The second-order valence-corrected chi connectivity index (χ2v) is 5.40. The highest BCUT2D eigenvalue weighted by Gasteiger charge is 2.15. The minimum Gasteiger partial charge on any atom is -0.376 e. The van der Waals surface area contributed by atoms with E-state index in [0.29, 0.717) is 13.1 Å². The first-order valence-electron chi connectivity index (χ1n) is 8.06. The molecular formula is C16H26N4O2. The molecular weight excluding hydrogens is 280 g/mol. The van der Waals surface area contributed by atoms with Crippen LogP contribution in [0.1, 0.15) is 32.3 Å². The maximum Gasteiger partial charge on any atom is 0.315 e. The number of nitrogens with zero attached hydrogens (tertiary/aromatic N) is 2. The quantitative estimate of drug-likeness (QED) is 0.807. The van der Waals surface area contributed by atoms with E-state index in [-0.39, 0.29) is 12.1 Å². The van der Waals surface area contributed by atoms with Crippen LogP contribution < -0.4 is 15.5 Å². The number of anilines is 1. The minimum absolute atomic E-state index is 0.164. The minimum atomic E-state index is -0.164. The highest BCUT2D eigenvalue weighted by Crippen LogP contribution is 2.11. The van der Waals surface area contributed by atoms with Gasteiger partial charge in [0.1, 0.15) is 5.82 Å². The van der Waals surface area contributed by atoms with Crippen molar-refractivity contribution in [3.63, 3.8) is 0 Å². The molecule has 2 amide bonds. The molecule has 1 aliphatic heterocycles. The summed E-state index contributed by atoms with van der Waals surface area (Å²) in [7, 11) is 0. The molecule has 22 heavy (non-hydrogen) atoms. The van der Waals surface area contributed by atoms with Crippen LogP contribution >= 0.6 is 0 Å². The lowest BCUT2D eigenvalue weighted by Crippen LogP contribution is -2.39. The molecule has 1 aromatic rings. The lowest BCUT2D eigenvalue weighted by atomic mass is 10.2. The van der Waals surface area contributed by atoms with E-state index in [9.17, 15) is 4.79 Å². The van der Waals surface area contributed by atoms with Crippen LogP contribution in [0.2, 0.25) is 0 Å². The van der Waals surface area contributed by atoms with Crippen molar-refractivity contribution in [2.75, 3.05) is 31.1 Å². The molecule has 0 saturated carbocycles. The lowest BCUT2D eigenvalue weighted by Gasteiger charge is -2.19. The van der Waals surface area contributed by atoms with Gasteiger partial charge in [-0.05, 0) is 38.3 Å². The summed E-state index contributed by atoms with van der Waals surface area (Å²) in [6.45, 7) is 7.95. The molecule has 6 heteroatoms. The van der Waals surface area contributed by atoms with Crippen molar-refractivity contribution < 1.29 is 9.53 Å². The third kappa shape index (κ3) is 4.87. The number of nitrogens with one attached hydrogen (secondary N) is 2. The monoisotopic (exact) mass is 306 g/mol. The van der Waals surface area contributed by atoms with Gasteiger partial charge in [0.05, 0.1) is 6.10 Å². The van der Waals surface area contributed by atoms with Crippen LogP contribution in [0.25, 0.3) is 0 Å². The SMILES string of the molecule is CCN(CC)c1ccc(CNC(=O)NC[C@H]2CCCO2)cn1. The molecule has 2 heterocycles. The molecule has 122 valence electrons. The average molecular weight is 306 g/mol. The molecule has 0 aliphatic carbocycles. The highest BCUT2D eigenvalue weighted by molar-refractivity contribution is 5.73. The first-order valence-corrected chi connectivity index (χ1v) is 8.06. The summed E-state index contributed by atoms with van der Waals surface area (Å²) in [5.74, 6) is 0.969. The van der Waals surface area contributed by atoms with Crippen LogP contribution in [0, 0.1) is 0 Å². The Labute approximate surface area is 132 Å². The number of urea groups is 1. The fraction of sp³-hybridized carbons (Fsp3) is 0.625. The fourth-order valence-corrected chi connectivity index (χ4v) is 2.51. The third-order valence-electron chi connectivity index (χ3n) is 3.86. The van der Waals surface area contributed by atoms with Crippen LogP contribution in [0.3, 0.4) is 0 Å². The number of carbonyl (C=O) groups excluding carboxylic acids is 1. The predicted molar refractivity (Wildman–Crippen MR) is 87.0 cm³/mol. The Morgan fingerprint density at radius 3 is 2.77 bits per heavy atom. The molecule has 1 saturated heterocycles. The summed E-state index contributed by atoms with van der Waals surface area (Å²) >= 11 is 0. The zero-order chi connectivity index (χ0) is 15.8. The predicted octanol–water partition coefficient (Wildman–Crippen LogP) is 1.91. The van der Waals surface area contributed by atoms with Gasteiger partial charge in [-0.15, -0.1) is 0 Å². The van der Waals surface area contributed by atoms with E-state index in [1.54, 1.807) is 0 Å². The van der Waals surface area contributed by atoms with E-state index < -0.39 is 0 Å². The molecule has 1 fully saturated rings. The molecule has 0 spiro atoms. The Hall–Kier alpha value is -1.82. The first-order chi connectivity index (χ1) is 10.7. The zero-order valence-corrected chi connectivity index (χ0v) is 13.5. The number of rotatable bonds is 7. The van der Waals surface area contributed by atoms with Crippen LogP contribution in [-0.2, 0) is 11.3 Å². The van der Waals surface area contributed by atoms with Gasteiger partial charge in [0.2, 0.25) is 0 Å². The number of amides is 2. The number of aromatic nitrogens is 1. The smallest absolute Gasteiger partial charge is 0.315 e. The van der Waals surface area contributed by atoms with Gasteiger partial charge in [-0.2, -0.15) is 0 Å². The van der Waals surface area contributed by atoms with E-state index in [1.807, 2.05) is 18.3 Å².